The van der Waals surface area contributed by atoms with Crippen LogP contribution in [-0.2, 0) is 0 Å². The van der Waals surface area contributed by atoms with Crippen LogP contribution in [0.4, 0.5) is 0 Å². The Morgan fingerprint density at radius 1 is 0.476 bits per heavy atom. The second kappa shape index (κ2) is 7.02. The van der Waals surface area contributed by atoms with Crippen LogP contribution in [0.1, 0.15) is 11.1 Å². The van der Waals surface area contributed by atoms with Crippen molar-refractivity contribution < 1.29 is 0 Å². The van der Waals surface area contributed by atoms with Crippen LogP contribution in [0.2, 0.25) is 0 Å². The maximum Gasteiger partial charge on any atom is 0.0779 e. The zero-order valence-electron chi connectivity index (χ0n) is 11.7. The fourth-order valence-corrected chi connectivity index (χ4v) is 3.90. The summed E-state index contributed by atoms with van der Waals surface area (Å²) in [7, 11) is -1.13. The molecule has 0 heterocycles. The fraction of sp³-hybridized carbons (Fsp3) is 0. The summed E-state index contributed by atoms with van der Waals surface area (Å²) in [4.78, 5) is 0. The Morgan fingerprint density at radius 3 is 1.29 bits per heavy atom. The summed E-state index contributed by atoms with van der Waals surface area (Å²) in [5.74, 6) is 0. The second-order valence-corrected chi connectivity index (χ2v) is 6.55. The minimum absolute atomic E-state index is 1.13. The minimum atomic E-state index is -1.13. The standard InChI is InChI=1S/C20H16P/c1-4-10-18(11-5-1)16-21(20-14-8-3-9-15-20)17-19-12-6-2-7-13-19/h1-15,21H/q-1. The Hall–Kier alpha value is -2.17. The van der Waals surface area contributed by atoms with E-state index in [1.165, 1.54) is 5.30 Å². The van der Waals surface area contributed by atoms with Gasteiger partial charge in [-0.1, -0.05) is 30.3 Å². The molecule has 0 spiro atoms. The summed E-state index contributed by atoms with van der Waals surface area (Å²) < 4.78 is 0. The number of rotatable bonds is 5. The molecule has 0 bridgehead atoms. The molecule has 0 unspecified atom stereocenters. The van der Waals surface area contributed by atoms with Gasteiger partial charge < -0.3 is 0 Å². The first-order chi connectivity index (χ1) is 10.4. The lowest BCUT2D eigenvalue weighted by molar-refractivity contribution is 1.56. The molecule has 0 fully saturated rings. The van der Waals surface area contributed by atoms with Crippen molar-refractivity contribution >= 4 is 13.2 Å². The van der Waals surface area contributed by atoms with E-state index in [-0.39, 0.29) is 0 Å². The van der Waals surface area contributed by atoms with Gasteiger partial charge in [0.1, 0.15) is 0 Å². The Balaban J connectivity index is 1.84. The zero-order valence-corrected chi connectivity index (χ0v) is 12.7. The van der Waals surface area contributed by atoms with E-state index < -0.39 is 7.92 Å². The molecule has 0 aliphatic rings. The van der Waals surface area contributed by atoms with Gasteiger partial charge in [-0.05, 0) is 32.4 Å². The molecule has 0 aliphatic heterocycles. The molecular weight excluding hydrogens is 271 g/mol. The molecular formula is C20H16P-. The van der Waals surface area contributed by atoms with Gasteiger partial charge in [0.2, 0.25) is 0 Å². The van der Waals surface area contributed by atoms with E-state index in [0.717, 1.165) is 11.1 Å². The van der Waals surface area contributed by atoms with Crippen LogP contribution in [0.5, 0.6) is 0 Å². The van der Waals surface area contributed by atoms with E-state index in [0.29, 0.717) is 0 Å². The molecule has 0 N–H and O–H groups in total. The van der Waals surface area contributed by atoms with Gasteiger partial charge in [0.25, 0.3) is 0 Å². The third kappa shape index (κ3) is 3.90. The quantitative estimate of drug-likeness (QED) is 0.471. The highest BCUT2D eigenvalue weighted by molar-refractivity contribution is 7.70. The maximum atomic E-state index is 3.63. The van der Waals surface area contributed by atoms with Gasteiger partial charge in [-0.15, -0.1) is 24.3 Å². The lowest BCUT2D eigenvalue weighted by Gasteiger charge is -2.19. The third-order valence-corrected chi connectivity index (χ3v) is 5.14. The van der Waals surface area contributed by atoms with Gasteiger partial charge in [-0.2, -0.15) is 35.4 Å². The third-order valence-electron chi connectivity index (χ3n) is 3.15. The first-order valence-corrected chi connectivity index (χ1v) is 8.48. The molecule has 0 amide bonds. The smallest absolute Gasteiger partial charge is 0.0779 e. The van der Waals surface area contributed by atoms with Crippen molar-refractivity contribution in [2.45, 2.75) is 0 Å². The first-order valence-electron chi connectivity index (χ1n) is 6.98. The molecule has 0 atom stereocenters. The Labute approximate surface area is 128 Å². The van der Waals surface area contributed by atoms with Crippen molar-refractivity contribution in [3.63, 3.8) is 0 Å². The van der Waals surface area contributed by atoms with E-state index in [1.54, 1.807) is 0 Å². The first kappa shape index (κ1) is 13.8. The van der Waals surface area contributed by atoms with E-state index in [4.69, 9.17) is 0 Å². The Kier molecular flexibility index (Phi) is 4.61. The second-order valence-electron chi connectivity index (χ2n) is 4.72. The lowest BCUT2D eigenvalue weighted by atomic mass is 10.2. The molecule has 2 radical (unpaired) electrons. The summed E-state index contributed by atoms with van der Waals surface area (Å²) in [6.07, 6.45) is 7.27. The summed E-state index contributed by atoms with van der Waals surface area (Å²) in [5, 5.41) is 1.30. The summed E-state index contributed by atoms with van der Waals surface area (Å²) in [5.41, 5.74) is 2.28. The number of hydrogen-bond acceptors (Lipinski definition) is 0. The highest BCUT2D eigenvalue weighted by Gasteiger charge is 2.13. The molecule has 21 heavy (non-hydrogen) atoms. The van der Waals surface area contributed by atoms with Gasteiger partial charge in [0.05, 0.1) is 5.30 Å². The van der Waals surface area contributed by atoms with Crippen LogP contribution in [-0.4, -0.2) is 0 Å². The molecule has 3 aromatic carbocycles. The van der Waals surface area contributed by atoms with E-state index >= 15 is 0 Å². The number of benzene rings is 3. The van der Waals surface area contributed by atoms with E-state index in [1.807, 2.05) is 18.2 Å². The topological polar surface area (TPSA) is 0 Å². The average molecular weight is 287 g/mol. The molecule has 3 aromatic rings. The summed E-state index contributed by atoms with van der Waals surface area (Å²) in [6.45, 7) is 0. The monoisotopic (exact) mass is 287 g/mol. The van der Waals surface area contributed by atoms with Crippen molar-refractivity contribution in [2.75, 3.05) is 0 Å². The molecule has 102 valence electrons. The largest absolute Gasteiger partial charge is 0.160 e. The van der Waals surface area contributed by atoms with Crippen molar-refractivity contribution in [3.8, 4) is 0 Å². The maximum absolute atomic E-state index is 3.63. The van der Waals surface area contributed by atoms with Gasteiger partial charge in [0.15, 0.2) is 0 Å². The van der Waals surface area contributed by atoms with Crippen LogP contribution >= 0.6 is 7.92 Å². The minimum Gasteiger partial charge on any atom is -0.160 e. The zero-order chi connectivity index (χ0) is 14.3. The summed E-state index contributed by atoms with van der Waals surface area (Å²) in [6, 6.07) is 31.2. The van der Waals surface area contributed by atoms with Crippen LogP contribution in [0.25, 0.3) is 0 Å². The van der Waals surface area contributed by atoms with Gasteiger partial charge in [-0.25, -0.2) is 0 Å². The van der Waals surface area contributed by atoms with Crippen LogP contribution in [0, 0.1) is 12.3 Å². The molecule has 0 aromatic heterocycles. The van der Waals surface area contributed by atoms with Crippen LogP contribution < -0.4 is 5.30 Å². The van der Waals surface area contributed by atoms with Gasteiger partial charge in [0, 0.05) is 0 Å². The molecule has 0 saturated carbocycles. The highest BCUT2D eigenvalue weighted by atomic mass is 31.1. The molecule has 3 rings (SSSR count). The van der Waals surface area contributed by atoms with Crippen LogP contribution in [0.15, 0.2) is 91.0 Å². The van der Waals surface area contributed by atoms with Crippen molar-refractivity contribution in [1.29, 1.82) is 0 Å². The van der Waals surface area contributed by atoms with Crippen molar-refractivity contribution in [2.24, 2.45) is 0 Å². The van der Waals surface area contributed by atoms with Gasteiger partial charge in [-0.3, -0.25) is 0 Å². The SMILES string of the molecule is [C-](c1ccccc1)[PH+]([C-]c1ccccc1)c1ccccc1. The fourth-order valence-electron chi connectivity index (χ4n) is 2.11. The van der Waals surface area contributed by atoms with Crippen molar-refractivity contribution in [1.82, 2.24) is 0 Å². The predicted molar refractivity (Wildman–Crippen MR) is 92.0 cm³/mol. The highest BCUT2D eigenvalue weighted by Crippen LogP contribution is 2.45. The van der Waals surface area contributed by atoms with Crippen LogP contribution in [0.3, 0.4) is 0 Å². The van der Waals surface area contributed by atoms with E-state index in [9.17, 15) is 0 Å². The molecule has 0 nitrogen and oxygen atoms in total. The predicted octanol–water partition coefficient (Wildman–Crippen LogP) is 4.70. The van der Waals surface area contributed by atoms with E-state index in [2.05, 4.69) is 85.1 Å². The van der Waals surface area contributed by atoms with Gasteiger partial charge >= 0.3 is 0 Å². The molecule has 0 saturated heterocycles. The normalized spacial score (nSPS) is 10.3. The molecule has 0 aliphatic carbocycles. The van der Waals surface area contributed by atoms with Crippen molar-refractivity contribution in [3.05, 3.63) is 114 Å². The molecule has 1 heteroatoms. The number of hydrogen-bond donors (Lipinski definition) is 0. The Morgan fingerprint density at radius 2 is 0.857 bits per heavy atom. The summed E-state index contributed by atoms with van der Waals surface area (Å²) >= 11 is 0. The average Bonchev–Trinajstić information content (AvgIpc) is 2.57. The lowest BCUT2D eigenvalue weighted by Crippen LogP contribution is -2.01. The Bertz CT molecular complexity index is 606.